The average Bonchev–Trinajstić information content (AvgIpc) is 2.85. The van der Waals surface area contributed by atoms with Gasteiger partial charge in [-0.15, -0.1) is 0 Å². The number of phenols is 1. The predicted octanol–water partition coefficient (Wildman–Crippen LogP) is 10.3. The van der Waals surface area contributed by atoms with Gasteiger partial charge in [-0.25, -0.2) is 4.79 Å². The molecule has 0 saturated heterocycles. The van der Waals surface area contributed by atoms with Crippen molar-refractivity contribution in [1.82, 2.24) is 0 Å². The van der Waals surface area contributed by atoms with Crippen molar-refractivity contribution < 1.29 is 14.6 Å². The first kappa shape index (κ1) is 29.3. The standard InChI is InChI=1S/C29H41Cl2NO3/c1-3-4-5-6-7-8-9-10-11-12-13-14-15-18-23-19-16-17-20-26(23)35-29(34)32-25-21-24(30)22(2)27(31)28(25)33/h16-17,19-21,33H,3-15,18H2,1-2H3,(H,32,34). The summed E-state index contributed by atoms with van der Waals surface area (Å²) in [5.74, 6) is 0.290. The maximum atomic E-state index is 12.5. The van der Waals surface area contributed by atoms with E-state index in [0.717, 1.165) is 18.4 Å². The van der Waals surface area contributed by atoms with Gasteiger partial charge in [-0.2, -0.15) is 0 Å². The quantitative estimate of drug-likeness (QED) is 0.170. The summed E-state index contributed by atoms with van der Waals surface area (Å²) in [5.41, 5.74) is 1.66. The summed E-state index contributed by atoms with van der Waals surface area (Å²) in [4.78, 5) is 12.5. The van der Waals surface area contributed by atoms with Crippen LogP contribution in [0.4, 0.5) is 10.5 Å². The van der Waals surface area contributed by atoms with Gasteiger partial charge in [0.1, 0.15) is 5.75 Å². The van der Waals surface area contributed by atoms with Crippen LogP contribution in [0.1, 0.15) is 102 Å². The van der Waals surface area contributed by atoms with Crippen molar-refractivity contribution >= 4 is 35.0 Å². The lowest BCUT2D eigenvalue weighted by molar-refractivity contribution is 0.214. The Bertz CT molecular complexity index is 917. The molecule has 0 aliphatic carbocycles. The van der Waals surface area contributed by atoms with E-state index in [2.05, 4.69) is 12.2 Å². The number of aryl methyl sites for hydroxylation is 1. The molecule has 6 heteroatoms. The number of rotatable bonds is 16. The first-order valence-corrected chi connectivity index (χ1v) is 13.9. The van der Waals surface area contributed by atoms with E-state index in [1.54, 1.807) is 13.0 Å². The van der Waals surface area contributed by atoms with Crippen molar-refractivity contribution in [2.75, 3.05) is 5.32 Å². The Morgan fingerprint density at radius 3 is 2.03 bits per heavy atom. The van der Waals surface area contributed by atoms with Crippen LogP contribution < -0.4 is 10.1 Å². The fraction of sp³-hybridized carbons (Fsp3) is 0.552. The molecule has 0 aliphatic rings. The lowest BCUT2D eigenvalue weighted by atomic mass is 10.0. The number of unbranched alkanes of at least 4 members (excludes halogenated alkanes) is 12. The van der Waals surface area contributed by atoms with E-state index in [1.165, 1.54) is 83.1 Å². The Balaban J connectivity index is 1.68. The molecule has 0 spiro atoms. The number of hydrogen-bond donors (Lipinski definition) is 2. The number of phenolic OH excluding ortho intramolecular Hbond substituents is 1. The lowest BCUT2D eigenvalue weighted by Gasteiger charge is -2.13. The Kier molecular flexibility index (Phi) is 14.0. The average molecular weight is 523 g/mol. The molecule has 4 nitrogen and oxygen atoms in total. The molecule has 0 aliphatic heterocycles. The Morgan fingerprint density at radius 1 is 0.886 bits per heavy atom. The summed E-state index contributed by atoms with van der Waals surface area (Å²) in [6.45, 7) is 3.96. The highest BCUT2D eigenvalue weighted by Gasteiger charge is 2.16. The number of para-hydroxylation sites is 1. The van der Waals surface area contributed by atoms with Crippen LogP contribution >= 0.6 is 23.2 Å². The number of nitrogens with one attached hydrogen (secondary N) is 1. The van der Waals surface area contributed by atoms with E-state index in [4.69, 9.17) is 27.9 Å². The number of amides is 1. The maximum Gasteiger partial charge on any atom is 0.417 e. The van der Waals surface area contributed by atoms with Crippen molar-refractivity contribution in [3.05, 3.63) is 51.5 Å². The Morgan fingerprint density at radius 2 is 1.43 bits per heavy atom. The molecular weight excluding hydrogens is 481 g/mol. The van der Waals surface area contributed by atoms with Crippen molar-refractivity contribution in [1.29, 1.82) is 0 Å². The first-order chi connectivity index (χ1) is 16.9. The molecule has 0 bridgehead atoms. The molecule has 0 heterocycles. The SMILES string of the molecule is CCCCCCCCCCCCCCCc1ccccc1OC(=O)Nc1cc(Cl)c(C)c(Cl)c1O. The van der Waals surface area contributed by atoms with Crippen LogP contribution in [0, 0.1) is 6.92 Å². The molecule has 1 amide bonds. The topological polar surface area (TPSA) is 58.6 Å². The van der Waals surface area contributed by atoms with Gasteiger partial charge >= 0.3 is 6.09 Å². The van der Waals surface area contributed by atoms with Gasteiger partial charge in [-0.1, -0.05) is 125 Å². The van der Waals surface area contributed by atoms with Gasteiger partial charge in [-0.3, -0.25) is 5.32 Å². The monoisotopic (exact) mass is 521 g/mol. The van der Waals surface area contributed by atoms with E-state index in [1.807, 2.05) is 18.2 Å². The van der Waals surface area contributed by atoms with Crippen LogP contribution in [0.25, 0.3) is 0 Å². The largest absolute Gasteiger partial charge is 0.504 e. The number of carbonyl (C=O) groups is 1. The summed E-state index contributed by atoms with van der Waals surface area (Å²) in [7, 11) is 0. The molecule has 194 valence electrons. The molecule has 0 fully saturated rings. The Labute approximate surface area is 221 Å². The number of aromatic hydroxyl groups is 1. The zero-order valence-corrected chi connectivity index (χ0v) is 22.8. The molecule has 2 N–H and O–H groups in total. The highest BCUT2D eigenvalue weighted by atomic mass is 35.5. The normalized spacial score (nSPS) is 11.0. The third kappa shape index (κ3) is 10.7. The second kappa shape index (κ2) is 16.7. The minimum Gasteiger partial charge on any atom is -0.504 e. The van der Waals surface area contributed by atoms with E-state index >= 15 is 0 Å². The van der Waals surface area contributed by atoms with Gasteiger partial charge in [0, 0.05) is 5.02 Å². The van der Waals surface area contributed by atoms with Gasteiger partial charge in [-0.05, 0) is 43.0 Å². The van der Waals surface area contributed by atoms with Gasteiger partial charge in [0.2, 0.25) is 0 Å². The smallest absolute Gasteiger partial charge is 0.417 e. The third-order valence-corrected chi connectivity index (χ3v) is 7.24. The molecule has 0 radical (unpaired) electrons. The number of benzene rings is 2. The van der Waals surface area contributed by atoms with Gasteiger partial charge < -0.3 is 9.84 Å². The number of ether oxygens (including phenoxy) is 1. The highest BCUT2D eigenvalue weighted by molar-refractivity contribution is 6.37. The van der Waals surface area contributed by atoms with E-state index in [0.29, 0.717) is 16.3 Å². The highest BCUT2D eigenvalue weighted by Crippen LogP contribution is 2.39. The second-order valence-corrected chi connectivity index (χ2v) is 10.1. The predicted molar refractivity (Wildman–Crippen MR) is 148 cm³/mol. The van der Waals surface area contributed by atoms with Crippen LogP contribution in [0.3, 0.4) is 0 Å². The van der Waals surface area contributed by atoms with Gasteiger partial charge in [0.15, 0.2) is 5.75 Å². The van der Waals surface area contributed by atoms with E-state index in [-0.39, 0.29) is 16.5 Å². The lowest BCUT2D eigenvalue weighted by Crippen LogP contribution is -2.17. The van der Waals surface area contributed by atoms with E-state index in [9.17, 15) is 9.90 Å². The summed E-state index contributed by atoms with van der Waals surface area (Å²) in [6, 6.07) is 9.02. The zero-order valence-electron chi connectivity index (χ0n) is 21.3. The molecule has 0 aromatic heterocycles. The van der Waals surface area contributed by atoms with Crippen molar-refractivity contribution in [3.8, 4) is 11.5 Å². The number of anilines is 1. The second-order valence-electron chi connectivity index (χ2n) is 9.31. The molecule has 35 heavy (non-hydrogen) atoms. The molecular formula is C29H41Cl2NO3. The minimum absolute atomic E-state index is 0.107. The maximum absolute atomic E-state index is 12.5. The molecule has 2 aromatic rings. The number of carbonyl (C=O) groups excluding carboxylic acids is 1. The van der Waals surface area contributed by atoms with Crippen molar-refractivity contribution in [2.45, 2.75) is 104 Å². The van der Waals surface area contributed by atoms with Crippen LogP contribution in [0.2, 0.25) is 10.0 Å². The molecule has 2 aromatic carbocycles. The molecule has 2 rings (SSSR count). The Hall–Kier alpha value is -1.91. The minimum atomic E-state index is -0.700. The van der Waals surface area contributed by atoms with Crippen LogP contribution in [-0.4, -0.2) is 11.2 Å². The fourth-order valence-electron chi connectivity index (χ4n) is 4.18. The van der Waals surface area contributed by atoms with Crippen molar-refractivity contribution in [2.24, 2.45) is 0 Å². The molecule has 0 saturated carbocycles. The van der Waals surface area contributed by atoms with Crippen LogP contribution in [-0.2, 0) is 6.42 Å². The van der Waals surface area contributed by atoms with E-state index < -0.39 is 6.09 Å². The molecule has 0 unspecified atom stereocenters. The zero-order chi connectivity index (χ0) is 25.5. The number of halogens is 2. The summed E-state index contributed by atoms with van der Waals surface area (Å²) in [6.07, 6.45) is 17.3. The summed E-state index contributed by atoms with van der Waals surface area (Å²) >= 11 is 12.2. The summed E-state index contributed by atoms with van der Waals surface area (Å²) < 4.78 is 5.53. The molecule has 0 atom stereocenters. The van der Waals surface area contributed by atoms with Gasteiger partial charge in [0.25, 0.3) is 0 Å². The van der Waals surface area contributed by atoms with Crippen LogP contribution in [0.15, 0.2) is 30.3 Å². The number of hydrogen-bond acceptors (Lipinski definition) is 3. The van der Waals surface area contributed by atoms with Crippen LogP contribution in [0.5, 0.6) is 11.5 Å². The van der Waals surface area contributed by atoms with Crippen molar-refractivity contribution in [3.63, 3.8) is 0 Å². The third-order valence-electron chi connectivity index (χ3n) is 6.38. The fourth-order valence-corrected chi connectivity index (χ4v) is 4.63. The summed E-state index contributed by atoms with van der Waals surface area (Å²) in [5, 5.41) is 13.2. The first-order valence-electron chi connectivity index (χ1n) is 13.2. The van der Waals surface area contributed by atoms with Gasteiger partial charge in [0.05, 0.1) is 10.7 Å².